The minimum Gasteiger partial charge on any atom is -0.326 e. The average molecular weight is 279 g/mol. The number of nitrogens with zero attached hydrogens (tertiary/aromatic N) is 2. The lowest BCUT2D eigenvalue weighted by atomic mass is 10.2. The topological polar surface area (TPSA) is 63.8 Å². The molecular formula is C11H11BrN4. The van der Waals surface area contributed by atoms with Gasteiger partial charge in [-0.15, -0.1) is 0 Å². The standard InChI is InChI=1S/C11H11BrN4/c12-9-6-14-11(15-7-9)16-10-3-1-8(5-13)2-4-10/h1-4,6-7H,5,13H2,(H,14,15,16). The van der Waals surface area contributed by atoms with Crippen LogP contribution >= 0.6 is 15.9 Å². The summed E-state index contributed by atoms with van der Waals surface area (Å²) in [6.45, 7) is 0.551. The van der Waals surface area contributed by atoms with Crippen LogP contribution in [-0.2, 0) is 6.54 Å². The highest BCUT2D eigenvalue weighted by molar-refractivity contribution is 9.10. The van der Waals surface area contributed by atoms with Crippen LogP contribution in [0.2, 0.25) is 0 Å². The maximum atomic E-state index is 5.52. The number of benzene rings is 1. The van der Waals surface area contributed by atoms with E-state index in [1.807, 2.05) is 24.3 Å². The van der Waals surface area contributed by atoms with Crippen LogP contribution in [0.1, 0.15) is 5.56 Å². The highest BCUT2D eigenvalue weighted by Crippen LogP contribution is 2.14. The molecule has 2 rings (SSSR count). The predicted octanol–water partition coefficient (Wildman–Crippen LogP) is 2.44. The van der Waals surface area contributed by atoms with Crippen LogP contribution < -0.4 is 11.1 Å². The number of anilines is 2. The van der Waals surface area contributed by atoms with E-state index < -0.39 is 0 Å². The Morgan fingerprint density at radius 2 is 1.75 bits per heavy atom. The Labute approximate surface area is 102 Å². The van der Waals surface area contributed by atoms with Crippen LogP contribution in [0.4, 0.5) is 11.6 Å². The molecule has 0 unspecified atom stereocenters. The van der Waals surface area contributed by atoms with Gasteiger partial charge in [-0.1, -0.05) is 12.1 Å². The van der Waals surface area contributed by atoms with E-state index in [1.165, 1.54) is 0 Å². The summed E-state index contributed by atoms with van der Waals surface area (Å²) in [5.41, 5.74) is 7.56. The van der Waals surface area contributed by atoms with Crippen molar-refractivity contribution in [2.24, 2.45) is 5.73 Å². The molecule has 0 radical (unpaired) electrons. The maximum Gasteiger partial charge on any atom is 0.227 e. The molecule has 3 N–H and O–H groups in total. The fraction of sp³-hybridized carbons (Fsp3) is 0.0909. The Kier molecular flexibility index (Phi) is 3.48. The third-order valence-corrected chi connectivity index (χ3v) is 2.48. The summed E-state index contributed by atoms with van der Waals surface area (Å²) >= 11 is 3.28. The van der Waals surface area contributed by atoms with Gasteiger partial charge in [0.2, 0.25) is 5.95 Å². The molecule has 0 saturated heterocycles. The fourth-order valence-corrected chi connectivity index (χ4v) is 1.43. The number of nitrogens with two attached hydrogens (primary N) is 1. The smallest absolute Gasteiger partial charge is 0.227 e. The summed E-state index contributed by atoms with van der Waals surface area (Å²) in [6.07, 6.45) is 3.40. The largest absolute Gasteiger partial charge is 0.326 e. The molecule has 0 bridgehead atoms. The Hall–Kier alpha value is -1.46. The first-order chi connectivity index (χ1) is 7.78. The summed E-state index contributed by atoms with van der Waals surface area (Å²) < 4.78 is 0.858. The van der Waals surface area contributed by atoms with E-state index in [9.17, 15) is 0 Å². The number of nitrogens with one attached hydrogen (secondary N) is 1. The number of halogens is 1. The number of rotatable bonds is 3. The summed E-state index contributed by atoms with van der Waals surface area (Å²) in [4.78, 5) is 8.24. The minimum atomic E-state index is 0.551. The Morgan fingerprint density at radius 1 is 1.12 bits per heavy atom. The zero-order chi connectivity index (χ0) is 11.4. The van der Waals surface area contributed by atoms with E-state index in [-0.39, 0.29) is 0 Å². The monoisotopic (exact) mass is 278 g/mol. The second-order valence-corrected chi connectivity index (χ2v) is 4.17. The van der Waals surface area contributed by atoms with E-state index in [0.29, 0.717) is 12.5 Å². The van der Waals surface area contributed by atoms with Crippen LogP contribution in [0.25, 0.3) is 0 Å². The van der Waals surface area contributed by atoms with Crippen LogP contribution in [0.5, 0.6) is 0 Å². The van der Waals surface area contributed by atoms with Gasteiger partial charge in [0.25, 0.3) is 0 Å². The molecule has 4 nitrogen and oxygen atoms in total. The molecule has 1 aromatic heterocycles. The van der Waals surface area contributed by atoms with Crippen LogP contribution in [0.3, 0.4) is 0 Å². The molecule has 0 aliphatic carbocycles. The number of hydrogen-bond donors (Lipinski definition) is 2. The highest BCUT2D eigenvalue weighted by Gasteiger charge is 1.97. The molecule has 2 aromatic rings. The zero-order valence-corrected chi connectivity index (χ0v) is 10.1. The zero-order valence-electron chi connectivity index (χ0n) is 8.52. The van der Waals surface area contributed by atoms with Crippen LogP contribution in [0, 0.1) is 0 Å². The summed E-state index contributed by atoms with van der Waals surface area (Å²) in [7, 11) is 0. The van der Waals surface area contributed by atoms with Gasteiger partial charge in [-0.25, -0.2) is 9.97 Å². The van der Waals surface area contributed by atoms with E-state index in [0.717, 1.165) is 15.7 Å². The van der Waals surface area contributed by atoms with Gasteiger partial charge in [0, 0.05) is 24.6 Å². The van der Waals surface area contributed by atoms with E-state index in [1.54, 1.807) is 12.4 Å². The molecule has 0 saturated carbocycles. The van der Waals surface area contributed by atoms with Gasteiger partial charge in [-0.2, -0.15) is 0 Å². The lowest BCUT2D eigenvalue weighted by Gasteiger charge is -2.04. The van der Waals surface area contributed by atoms with Gasteiger partial charge >= 0.3 is 0 Å². The lowest BCUT2D eigenvalue weighted by molar-refractivity contribution is 1.07. The first-order valence-corrected chi connectivity index (χ1v) is 5.61. The molecular weight excluding hydrogens is 268 g/mol. The third kappa shape index (κ3) is 2.77. The first kappa shape index (κ1) is 11.0. The summed E-state index contributed by atoms with van der Waals surface area (Å²) in [6, 6.07) is 7.85. The van der Waals surface area contributed by atoms with Crippen LogP contribution in [0.15, 0.2) is 41.1 Å². The van der Waals surface area contributed by atoms with Gasteiger partial charge in [-0.3, -0.25) is 0 Å². The molecule has 0 fully saturated rings. The van der Waals surface area contributed by atoms with Gasteiger partial charge in [-0.05, 0) is 33.6 Å². The van der Waals surface area contributed by atoms with Crippen molar-refractivity contribution >= 4 is 27.6 Å². The lowest BCUT2D eigenvalue weighted by Crippen LogP contribution is -1.98. The normalized spacial score (nSPS) is 10.1. The molecule has 82 valence electrons. The molecule has 5 heteroatoms. The fourth-order valence-electron chi connectivity index (χ4n) is 1.23. The second kappa shape index (κ2) is 5.05. The van der Waals surface area contributed by atoms with Gasteiger partial charge < -0.3 is 11.1 Å². The van der Waals surface area contributed by atoms with Crippen molar-refractivity contribution < 1.29 is 0 Å². The summed E-state index contributed by atoms with van der Waals surface area (Å²) in [5, 5.41) is 3.10. The van der Waals surface area contributed by atoms with E-state index in [2.05, 4.69) is 31.2 Å². The first-order valence-electron chi connectivity index (χ1n) is 4.81. The second-order valence-electron chi connectivity index (χ2n) is 3.25. The molecule has 0 aliphatic heterocycles. The molecule has 1 aromatic carbocycles. The number of hydrogen-bond acceptors (Lipinski definition) is 4. The van der Waals surface area contributed by atoms with Gasteiger partial charge in [0.05, 0.1) is 4.47 Å². The SMILES string of the molecule is NCc1ccc(Nc2ncc(Br)cn2)cc1. The van der Waals surface area contributed by atoms with Crippen molar-refractivity contribution in [3.8, 4) is 0 Å². The van der Waals surface area contributed by atoms with Crippen molar-refractivity contribution in [3.05, 3.63) is 46.7 Å². The number of aromatic nitrogens is 2. The molecule has 1 heterocycles. The average Bonchev–Trinajstić information content (AvgIpc) is 2.33. The van der Waals surface area contributed by atoms with Crippen molar-refractivity contribution in [2.45, 2.75) is 6.54 Å². The van der Waals surface area contributed by atoms with Crippen molar-refractivity contribution in [3.63, 3.8) is 0 Å². The van der Waals surface area contributed by atoms with Crippen molar-refractivity contribution in [2.75, 3.05) is 5.32 Å². The molecule has 0 aliphatic rings. The quantitative estimate of drug-likeness (QED) is 0.905. The Balaban J connectivity index is 2.11. The summed E-state index contributed by atoms with van der Waals surface area (Å²) in [5.74, 6) is 0.573. The van der Waals surface area contributed by atoms with Gasteiger partial charge in [0.1, 0.15) is 0 Å². The molecule has 0 spiro atoms. The van der Waals surface area contributed by atoms with Crippen LogP contribution in [-0.4, -0.2) is 9.97 Å². The Morgan fingerprint density at radius 3 is 2.31 bits per heavy atom. The third-order valence-electron chi connectivity index (χ3n) is 2.07. The maximum absolute atomic E-state index is 5.52. The highest BCUT2D eigenvalue weighted by atomic mass is 79.9. The molecule has 0 atom stereocenters. The molecule has 0 amide bonds. The Bertz CT molecular complexity index is 452. The van der Waals surface area contributed by atoms with Gasteiger partial charge in [0.15, 0.2) is 0 Å². The van der Waals surface area contributed by atoms with E-state index in [4.69, 9.17) is 5.73 Å². The predicted molar refractivity (Wildman–Crippen MR) is 67.3 cm³/mol. The van der Waals surface area contributed by atoms with Crippen molar-refractivity contribution in [1.82, 2.24) is 9.97 Å². The van der Waals surface area contributed by atoms with E-state index >= 15 is 0 Å². The molecule has 16 heavy (non-hydrogen) atoms. The van der Waals surface area contributed by atoms with Crippen molar-refractivity contribution in [1.29, 1.82) is 0 Å². The minimum absolute atomic E-state index is 0.551.